The predicted molar refractivity (Wildman–Crippen MR) is 61.2 cm³/mol. The van der Waals surface area contributed by atoms with Gasteiger partial charge >= 0.3 is 5.97 Å². The second-order valence-electron chi connectivity index (χ2n) is 3.59. The molecule has 0 atom stereocenters. The summed E-state index contributed by atoms with van der Waals surface area (Å²) in [6.45, 7) is 2.51. The number of hydrogen-bond donors (Lipinski definition) is 1. The molecule has 0 aliphatic rings. The number of aromatic nitrogens is 4. The molecule has 100 valence electrons. The summed E-state index contributed by atoms with van der Waals surface area (Å²) in [5.74, 6) is -1.66. The van der Waals surface area contributed by atoms with Gasteiger partial charge in [-0.25, -0.2) is 23.8 Å². The first-order chi connectivity index (χ1) is 9.11. The Labute approximate surface area is 107 Å². The van der Waals surface area contributed by atoms with Crippen LogP contribution in [0.4, 0.5) is 4.39 Å². The van der Waals surface area contributed by atoms with Gasteiger partial charge in [-0.15, -0.1) is 0 Å². The van der Waals surface area contributed by atoms with Gasteiger partial charge in [0, 0.05) is 6.54 Å². The highest BCUT2D eigenvalue weighted by Gasteiger charge is 2.15. The second-order valence-corrected chi connectivity index (χ2v) is 3.59. The van der Waals surface area contributed by atoms with Crippen molar-refractivity contribution in [2.75, 3.05) is 0 Å². The van der Waals surface area contributed by atoms with E-state index in [1.807, 2.05) is 6.92 Å². The van der Waals surface area contributed by atoms with E-state index < -0.39 is 11.8 Å². The lowest BCUT2D eigenvalue weighted by Gasteiger charge is -2.08. The molecule has 0 amide bonds. The van der Waals surface area contributed by atoms with Crippen LogP contribution in [0.2, 0.25) is 0 Å². The van der Waals surface area contributed by atoms with E-state index in [-0.39, 0.29) is 18.1 Å². The number of carbonyl (C=O) groups is 1. The van der Waals surface area contributed by atoms with E-state index in [2.05, 4.69) is 15.1 Å². The van der Waals surface area contributed by atoms with Crippen LogP contribution in [0.3, 0.4) is 0 Å². The zero-order valence-corrected chi connectivity index (χ0v) is 10.1. The summed E-state index contributed by atoms with van der Waals surface area (Å²) in [6, 6.07) is 0.856. The molecule has 2 rings (SSSR count). The van der Waals surface area contributed by atoms with Gasteiger partial charge in [-0.2, -0.15) is 5.10 Å². The van der Waals surface area contributed by atoms with Crippen molar-refractivity contribution in [3.63, 3.8) is 0 Å². The molecule has 2 heterocycles. The molecule has 0 spiro atoms. The van der Waals surface area contributed by atoms with Crippen LogP contribution in [0, 0.1) is 5.82 Å². The van der Waals surface area contributed by atoms with Gasteiger partial charge in [0.2, 0.25) is 5.88 Å². The molecule has 0 saturated carbocycles. The number of nitrogens with zero attached hydrogens (tertiary/aromatic N) is 4. The minimum Gasteiger partial charge on any atom is -0.477 e. The Morgan fingerprint density at radius 3 is 3.00 bits per heavy atom. The molecule has 0 saturated heterocycles. The van der Waals surface area contributed by atoms with Crippen LogP contribution in [-0.4, -0.2) is 30.8 Å². The molecule has 0 unspecified atom stereocenters. The average molecular weight is 266 g/mol. The minimum atomic E-state index is -1.31. The van der Waals surface area contributed by atoms with Crippen molar-refractivity contribution in [3.05, 3.63) is 35.8 Å². The summed E-state index contributed by atoms with van der Waals surface area (Å²) in [5.41, 5.74) is -0.331. The van der Waals surface area contributed by atoms with Crippen LogP contribution in [0.1, 0.15) is 23.1 Å². The number of aryl methyl sites for hydroxylation is 1. The van der Waals surface area contributed by atoms with Gasteiger partial charge in [-0.3, -0.25) is 0 Å². The smallest absolute Gasteiger partial charge is 0.341 e. The first-order valence-corrected chi connectivity index (χ1v) is 5.50. The van der Waals surface area contributed by atoms with Crippen molar-refractivity contribution in [2.24, 2.45) is 0 Å². The lowest BCUT2D eigenvalue weighted by Crippen LogP contribution is -2.10. The normalized spacial score (nSPS) is 10.4. The maximum absolute atomic E-state index is 12.9. The predicted octanol–water partition coefficient (Wildman–Crippen LogP) is 1.11. The molecular formula is C11H11FN4O3. The largest absolute Gasteiger partial charge is 0.477 e. The highest BCUT2D eigenvalue weighted by molar-refractivity contribution is 5.90. The number of halogens is 1. The van der Waals surface area contributed by atoms with E-state index >= 15 is 0 Å². The van der Waals surface area contributed by atoms with E-state index in [9.17, 15) is 9.18 Å². The van der Waals surface area contributed by atoms with Gasteiger partial charge in [0.05, 0.1) is 6.20 Å². The van der Waals surface area contributed by atoms with E-state index in [0.717, 1.165) is 12.3 Å². The zero-order chi connectivity index (χ0) is 13.8. The first kappa shape index (κ1) is 12.9. The molecule has 7 nitrogen and oxygen atoms in total. The van der Waals surface area contributed by atoms with E-state index in [1.165, 1.54) is 6.33 Å². The van der Waals surface area contributed by atoms with E-state index in [0.29, 0.717) is 12.4 Å². The number of hydrogen-bond acceptors (Lipinski definition) is 5. The van der Waals surface area contributed by atoms with Crippen molar-refractivity contribution in [1.29, 1.82) is 0 Å². The van der Waals surface area contributed by atoms with Crippen LogP contribution >= 0.6 is 0 Å². The lowest BCUT2D eigenvalue weighted by atomic mass is 10.3. The Hall–Kier alpha value is -2.51. The molecule has 0 fully saturated rings. The van der Waals surface area contributed by atoms with Crippen LogP contribution in [0.25, 0.3) is 0 Å². The number of pyridine rings is 1. The topological polar surface area (TPSA) is 90.1 Å². The quantitative estimate of drug-likeness (QED) is 0.871. The summed E-state index contributed by atoms with van der Waals surface area (Å²) >= 11 is 0. The average Bonchev–Trinajstić information content (AvgIpc) is 2.84. The number of carboxylic acid groups (broad SMARTS) is 1. The number of carboxylic acids is 1. The van der Waals surface area contributed by atoms with Crippen molar-refractivity contribution in [2.45, 2.75) is 20.1 Å². The van der Waals surface area contributed by atoms with Gasteiger partial charge in [-0.1, -0.05) is 0 Å². The maximum atomic E-state index is 12.9. The summed E-state index contributed by atoms with van der Waals surface area (Å²) in [4.78, 5) is 18.5. The summed E-state index contributed by atoms with van der Waals surface area (Å²) in [7, 11) is 0. The van der Waals surface area contributed by atoms with Gasteiger partial charge in [-0.05, 0) is 13.0 Å². The van der Waals surface area contributed by atoms with Gasteiger partial charge in [0.15, 0.2) is 5.82 Å². The van der Waals surface area contributed by atoms with E-state index in [1.54, 1.807) is 4.68 Å². The molecule has 19 heavy (non-hydrogen) atoms. The number of rotatable bonds is 5. The van der Waals surface area contributed by atoms with Crippen LogP contribution in [0.15, 0.2) is 18.6 Å². The Bertz CT molecular complexity index is 599. The molecule has 0 aliphatic heterocycles. The monoisotopic (exact) mass is 266 g/mol. The summed E-state index contributed by atoms with van der Waals surface area (Å²) in [6.07, 6.45) is 2.27. The Kier molecular flexibility index (Phi) is 3.69. The van der Waals surface area contributed by atoms with Gasteiger partial charge in [0.25, 0.3) is 0 Å². The SMILES string of the molecule is CCn1ncnc1COc1ncc(F)cc1C(=O)O. The third kappa shape index (κ3) is 2.84. The highest BCUT2D eigenvalue weighted by atomic mass is 19.1. The molecule has 8 heteroatoms. The lowest BCUT2D eigenvalue weighted by molar-refractivity contribution is 0.0689. The van der Waals surface area contributed by atoms with Crippen molar-refractivity contribution in [3.8, 4) is 5.88 Å². The van der Waals surface area contributed by atoms with Crippen LogP contribution < -0.4 is 4.74 Å². The second kappa shape index (κ2) is 5.42. The molecule has 0 aliphatic carbocycles. The van der Waals surface area contributed by atoms with Crippen LogP contribution in [-0.2, 0) is 13.2 Å². The van der Waals surface area contributed by atoms with Crippen molar-refractivity contribution in [1.82, 2.24) is 19.7 Å². The number of aromatic carboxylic acids is 1. The summed E-state index contributed by atoms with van der Waals surface area (Å²) in [5, 5.41) is 12.9. The Balaban J connectivity index is 2.18. The van der Waals surface area contributed by atoms with Gasteiger partial charge < -0.3 is 9.84 Å². The zero-order valence-electron chi connectivity index (χ0n) is 10.1. The van der Waals surface area contributed by atoms with Gasteiger partial charge in [0.1, 0.15) is 24.3 Å². The standard InChI is InChI=1S/C11H11FN4O3/c1-2-16-9(14-6-15-16)5-19-10-8(11(17)18)3-7(12)4-13-10/h3-4,6H,2,5H2,1H3,(H,17,18). The first-order valence-electron chi connectivity index (χ1n) is 5.50. The third-order valence-electron chi connectivity index (χ3n) is 2.38. The third-order valence-corrected chi connectivity index (χ3v) is 2.38. The molecule has 1 N–H and O–H groups in total. The Morgan fingerprint density at radius 1 is 1.53 bits per heavy atom. The fraction of sp³-hybridized carbons (Fsp3) is 0.273. The molecule has 0 radical (unpaired) electrons. The molecule has 2 aromatic heterocycles. The minimum absolute atomic E-state index is 0.00670. The van der Waals surface area contributed by atoms with Crippen molar-refractivity contribution < 1.29 is 19.0 Å². The van der Waals surface area contributed by atoms with Crippen molar-refractivity contribution >= 4 is 5.97 Å². The fourth-order valence-electron chi connectivity index (χ4n) is 1.49. The fourth-order valence-corrected chi connectivity index (χ4v) is 1.49. The van der Waals surface area contributed by atoms with E-state index in [4.69, 9.17) is 9.84 Å². The highest BCUT2D eigenvalue weighted by Crippen LogP contribution is 2.17. The molecule has 0 bridgehead atoms. The maximum Gasteiger partial charge on any atom is 0.341 e. The molecule has 0 aromatic carbocycles. The summed E-state index contributed by atoms with van der Waals surface area (Å²) < 4.78 is 19.8. The van der Waals surface area contributed by atoms with Crippen LogP contribution in [0.5, 0.6) is 5.88 Å². The number of ether oxygens (including phenoxy) is 1. The Morgan fingerprint density at radius 2 is 2.32 bits per heavy atom. The molecule has 2 aromatic rings. The molecular weight excluding hydrogens is 255 g/mol.